The number of imidazole rings is 1. The second kappa shape index (κ2) is 5.84. The molecule has 0 atom stereocenters. The van der Waals surface area contributed by atoms with Gasteiger partial charge in [-0.2, -0.15) is 0 Å². The fourth-order valence-electron chi connectivity index (χ4n) is 3.24. The minimum atomic E-state index is -0.513. The Kier molecular flexibility index (Phi) is 3.33. The van der Waals surface area contributed by atoms with Gasteiger partial charge in [0, 0.05) is 23.9 Å². The van der Waals surface area contributed by atoms with Crippen LogP contribution in [0.4, 0.5) is 17.1 Å². The van der Waals surface area contributed by atoms with E-state index in [1.165, 1.54) is 0 Å². The van der Waals surface area contributed by atoms with Gasteiger partial charge in [-0.1, -0.05) is 6.07 Å². The molecule has 0 fully saturated rings. The molecular formula is C20H15N5O2. The van der Waals surface area contributed by atoms with E-state index in [9.17, 15) is 9.59 Å². The summed E-state index contributed by atoms with van der Waals surface area (Å²) >= 11 is 0. The summed E-state index contributed by atoms with van der Waals surface area (Å²) in [6.45, 7) is 0.457. The fraction of sp³-hybridized carbons (Fsp3) is 0.0500. The predicted octanol–water partition coefficient (Wildman–Crippen LogP) is 3.00. The molecule has 4 N–H and O–H groups in total. The molecule has 0 aliphatic rings. The number of hydrogen-bond donors (Lipinski definition) is 4. The molecule has 7 nitrogen and oxygen atoms in total. The average molecular weight is 357 g/mol. The summed E-state index contributed by atoms with van der Waals surface area (Å²) in [6.07, 6.45) is 3.50. The second-order valence-corrected chi connectivity index (χ2v) is 6.42. The number of aromatic amines is 2. The van der Waals surface area contributed by atoms with Crippen LogP contribution in [0, 0.1) is 0 Å². The highest BCUT2D eigenvalue weighted by molar-refractivity contribution is 5.84. The van der Waals surface area contributed by atoms with Gasteiger partial charge in [-0.15, -0.1) is 0 Å². The maximum Gasteiger partial charge on any atom is 0.253 e. The number of H-pyrrole nitrogens is 2. The van der Waals surface area contributed by atoms with E-state index in [0.717, 1.165) is 27.5 Å². The molecular weight excluding hydrogens is 342 g/mol. The molecule has 3 aromatic carbocycles. The quantitative estimate of drug-likeness (QED) is 0.362. The third-order valence-electron chi connectivity index (χ3n) is 4.69. The van der Waals surface area contributed by atoms with E-state index in [1.807, 2.05) is 48.7 Å². The smallest absolute Gasteiger partial charge is 0.253 e. The lowest BCUT2D eigenvalue weighted by atomic mass is 10.1. The monoisotopic (exact) mass is 357 g/mol. The zero-order valence-corrected chi connectivity index (χ0v) is 14.2. The lowest BCUT2D eigenvalue weighted by Crippen LogP contribution is -2.36. The number of benzene rings is 2. The molecule has 132 valence electrons. The molecule has 0 unspecified atom stereocenters. The zero-order chi connectivity index (χ0) is 18.4. The van der Waals surface area contributed by atoms with Crippen molar-refractivity contribution in [2.24, 2.45) is 0 Å². The Morgan fingerprint density at radius 3 is 2.67 bits per heavy atom. The van der Waals surface area contributed by atoms with Gasteiger partial charge in [0.15, 0.2) is 0 Å². The van der Waals surface area contributed by atoms with Crippen molar-refractivity contribution in [1.29, 1.82) is 0 Å². The van der Waals surface area contributed by atoms with Crippen LogP contribution in [0.15, 0.2) is 64.6 Å². The first-order valence-electron chi connectivity index (χ1n) is 8.52. The van der Waals surface area contributed by atoms with Crippen molar-refractivity contribution < 1.29 is 0 Å². The Hall–Kier alpha value is -3.87. The third-order valence-corrected chi connectivity index (χ3v) is 4.69. The molecule has 27 heavy (non-hydrogen) atoms. The van der Waals surface area contributed by atoms with Gasteiger partial charge >= 0.3 is 0 Å². The Labute approximate surface area is 152 Å². The summed E-state index contributed by atoms with van der Waals surface area (Å²) < 4.78 is 0. The highest BCUT2D eigenvalue weighted by Gasteiger charge is 2.21. The molecule has 0 bridgehead atoms. The SMILES string of the molecule is O=c1c(NCc2ccc3[nH]ccc3c2)c(Nc2ccc3[nH]cnc3c2)c1=O. The summed E-state index contributed by atoms with van der Waals surface area (Å²) in [4.78, 5) is 34.4. The number of hydrogen-bond acceptors (Lipinski definition) is 5. The summed E-state index contributed by atoms with van der Waals surface area (Å²) in [5.74, 6) is 0. The first-order chi connectivity index (χ1) is 13.2. The van der Waals surface area contributed by atoms with Crippen molar-refractivity contribution in [3.8, 4) is 0 Å². The maximum atomic E-state index is 12.0. The zero-order valence-electron chi connectivity index (χ0n) is 14.2. The van der Waals surface area contributed by atoms with Crippen LogP contribution >= 0.6 is 0 Å². The first-order valence-corrected chi connectivity index (χ1v) is 8.52. The topological polar surface area (TPSA) is 103 Å². The molecule has 2 heterocycles. The molecule has 5 aromatic rings. The Morgan fingerprint density at radius 2 is 1.74 bits per heavy atom. The van der Waals surface area contributed by atoms with E-state index < -0.39 is 10.9 Å². The molecule has 2 aromatic heterocycles. The lowest BCUT2D eigenvalue weighted by Gasteiger charge is -2.15. The van der Waals surface area contributed by atoms with Crippen LogP contribution in [-0.4, -0.2) is 15.0 Å². The minimum absolute atomic E-state index is 0.289. The second-order valence-electron chi connectivity index (χ2n) is 6.42. The summed E-state index contributed by atoms with van der Waals surface area (Å²) in [7, 11) is 0. The van der Waals surface area contributed by atoms with Crippen LogP contribution in [0.25, 0.3) is 21.9 Å². The van der Waals surface area contributed by atoms with Crippen LogP contribution < -0.4 is 21.5 Å². The minimum Gasteiger partial charge on any atom is -0.376 e. The largest absolute Gasteiger partial charge is 0.376 e. The Morgan fingerprint density at radius 1 is 0.889 bits per heavy atom. The summed E-state index contributed by atoms with van der Waals surface area (Å²) in [5.41, 5.74) is 4.08. The van der Waals surface area contributed by atoms with E-state index in [4.69, 9.17) is 0 Å². The van der Waals surface area contributed by atoms with Crippen LogP contribution in [0.2, 0.25) is 0 Å². The van der Waals surface area contributed by atoms with Gasteiger partial charge in [-0.05, 0) is 47.3 Å². The maximum absolute atomic E-state index is 12.0. The highest BCUT2D eigenvalue weighted by atomic mass is 16.2. The van der Waals surface area contributed by atoms with Gasteiger partial charge in [0.25, 0.3) is 10.9 Å². The van der Waals surface area contributed by atoms with E-state index in [1.54, 1.807) is 6.33 Å². The fourth-order valence-corrected chi connectivity index (χ4v) is 3.24. The summed E-state index contributed by atoms with van der Waals surface area (Å²) in [5, 5.41) is 7.23. The average Bonchev–Trinajstić information content (AvgIpc) is 3.35. The number of aromatic nitrogens is 3. The van der Waals surface area contributed by atoms with E-state index in [2.05, 4.69) is 25.6 Å². The van der Waals surface area contributed by atoms with Crippen molar-refractivity contribution in [3.63, 3.8) is 0 Å². The molecule has 0 saturated heterocycles. The molecule has 0 aliphatic heterocycles. The van der Waals surface area contributed by atoms with E-state index >= 15 is 0 Å². The third kappa shape index (κ3) is 2.56. The number of nitrogens with one attached hydrogen (secondary N) is 4. The van der Waals surface area contributed by atoms with Gasteiger partial charge in [-0.25, -0.2) is 4.98 Å². The van der Waals surface area contributed by atoms with Gasteiger partial charge in [0.2, 0.25) is 0 Å². The molecule has 5 rings (SSSR count). The molecule has 0 aliphatic carbocycles. The van der Waals surface area contributed by atoms with Crippen molar-refractivity contribution in [1.82, 2.24) is 15.0 Å². The molecule has 0 amide bonds. The van der Waals surface area contributed by atoms with Crippen LogP contribution in [-0.2, 0) is 6.54 Å². The predicted molar refractivity (Wildman–Crippen MR) is 106 cm³/mol. The standard InChI is InChI=1S/C20H15N5O2/c26-19-17(22-9-11-1-3-14-12(7-11)5-6-21-14)18(20(19)27)25-13-2-4-15-16(8-13)24-10-23-15/h1-8,10,21-22,25H,9H2,(H,23,24). The van der Waals surface area contributed by atoms with Gasteiger partial charge in [0.05, 0.1) is 17.4 Å². The Balaban J connectivity index is 1.38. The van der Waals surface area contributed by atoms with Crippen LogP contribution in [0.3, 0.4) is 0 Å². The van der Waals surface area contributed by atoms with E-state index in [-0.39, 0.29) is 5.69 Å². The highest BCUT2D eigenvalue weighted by Crippen LogP contribution is 2.24. The number of fused-ring (bicyclic) bond motifs is 2. The molecule has 0 saturated carbocycles. The number of rotatable bonds is 5. The molecule has 0 radical (unpaired) electrons. The number of nitrogens with zero attached hydrogens (tertiary/aromatic N) is 1. The van der Waals surface area contributed by atoms with Crippen LogP contribution in [0.1, 0.15) is 5.56 Å². The van der Waals surface area contributed by atoms with E-state index in [0.29, 0.717) is 17.9 Å². The van der Waals surface area contributed by atoms with Crippen molar-refractivity contribution >= 4 is 39.0 Å². The van der Waals surface area contributed by atoms with Crippen molar-refractivity contribution in [3.05, 3.63) is 81.0 Å². The summed E-state index contributed by atoms with van der Waals surface area (Å²) in [6, 6.07) is 13.5. The van der Waals surface area contributed by atoms with Gasteiger partial charge < -0.3 is 20.6 Å². The lowest BCUT2D eigenvalue weighted by molar-refractivity contribution is 1.13. The normalized spacial score (nSPS) is 11.4. The van der Waals surface area contributed by atoms with Gasteiger partial charge in [0.1, 0.15) is 11.4 Å². The molecule has 0 spiro atoms. The van der Waals surface area contributed by atoms with Crippen LogP contribution in [0.5, 0.6) is 0 Å². The van der Waals surface area contributed by atoms with Gasteiger partial charge in [-0.3, -0.25) is 9.59 Å². The van der Waals surface area contributed by atoms with Crippen molar-refractivity contribution in [2.75, 3.05) is 10.6 Å². The first kappa shape index (κ1) is 15.4. The Bertz CT molecular complexity index is 1350. The molecule has 7 heteroatoms. The number of anilines is 3. The van der Waals surface area contributed by atoms with Crippen molar-refractivity contribution in [2.45, 2.75) is 6.54 Å².